The van der Waals surface area contributed by atoms with Crippen molar-refractivity contribution in [1.29, 1.82) is 0 Å². The van der Waals surface area contributed by atoms with Crippen LogP contribution >= 0.6 is 23.7 Å². The smallest absolute Gasteiger partial charge is 0.261 e. The molecule has 488 valence electrons. The SMILES string of the molecule is CCCOc1ccc(-c2ccc(-c3ncc(-c4ccc(C(=O)NC5CC(O)CNC(=O)C6C(O)C(C)CN6C(=O)C(C(O)CC(N)=O)NC(=O)C(C(O)Cc6ccc(O)c(OSOOO)c6)NC(=O)C6CC(O)CN6C(=O)C(C(C)O)NC5=O)cc4)s3)cc2)cc1. The van der Waals surface area contributed by atoms with E-state index in [0.29, 0.717) is 12.2 Å². The van der Waals surface area contributed by atoms with Gasteiger partial charge in [0.05, 0.1) is 54.5 Å². The number of aromatic hydroxyl groups is 1. The number of aliphatic hydroxyl groups is 6. The van der Waals surface area contributed by atoms with E-state index in [9.17, 15) is 74.1 Å². The third-order valence-corrected chi connectivity index (χ3v) is 17.0. The fraction of sp³-hybridized carbons (Fsp3) is 0.417. The van der Waals surface area contributed by atoms with Crippen molar-refractivity contribution in [2.75, 3.05) is 26.2 Å². The number of nitrogens with two attached hydrogens (primary N) is 1. The fourth-order valence-electron chi connectivity index (χ4n) is 10.8. The van der Waals surface area contributed by atoms with Crippen LogP contribution in [0.25, 0.3) is 32.1 Å². The maximum atomic E-state index is 14.7. The average Bonchev–Trinajstić information content (AvgIpc) is 1.72. The Morgan fingerprint density at radius 1 is 0.769 bits per heavy atom. The second-order valence-electron chi connectivity index (χ2n) is 22.3. The van der Waals surface area contributed by atoms with Crippen molar-refractivity contribution in [3.8, 4) is 49.4 Å². The number of primary amides is 1. The van der Waals surface area contributed by atoms with Crippen LogP contribution in [0, 0.1) is 5.92 Å². The topological polar surface area (TPSA) is 441 Å². The first-order valence-corrected chi connectivity index (χ1v) is 30.4. The third kappa shape index (κ3) is 17.2. The summed E-state index contributed by atoms with van der Waals surface area (Å²) in [5.74, 6) is -10.3. The maximum Gasteiger partial charge on any atom is 0.261 e. The molecule has 8 amide bonds. The standard InChI is InChI=1S/C60H71N9O20S2/c1-4-19-86-39-16-14-33(15-17-39)32-6-12-36(13-7-32)58-63-26-46(90-58)34-8-10-35(11-9-34)53(78)64-40-22-37(71)25-62-57(82)51-52(77)29(2)27-69(51)60(84)50(44(75)24-47(61)76)67-56(81)49(43(74)20-31-5-18-42(73)45(21-31)87-91-89-88-85)66-55(80)41-23-38(72)28-68(41)59(83)48(30(3)70)65-54(40)79/h5-18,21,26,29-30,37-38,40-41,43-44,48-52,70-75,77,85H,4,19-20,22-25,27-28H2,1-3H3,(H2,61,76)(H,62,82)(H,64,78)(H,65,79)(H,66,80)(H,67,81). The minimum absolute atomic E-state index is 0.0283. The van der Waals surface area contributed by atoms with Crippen molar-refractivity contribution in [1.82, 2.24) is 41.4 Å². The Hall–Kier alpha value is -8.34. The fourth-order valence-corrected chi connectivity index (χ4v) is 11.9. The molecule has 0 aliphatic carbocycles. The number of nitrogens with zero attached hydrogens (tertiary/aromatic N) is 3. The van der Waals surface area contributed by atoms with Crippen LogP contribution in [0.1, 0.15) is 62.4 Å². The summed E-state index contributed by atoms with van der Waals surface area (Å²) in [6, 6.07) is 13.8. The number of rotatable bonds is 19. The molecule has 3 aliphatic rings. The number of ether oxygens (including phenoxy) is 1. The van der Waals surface area contributed by atoms with E-state index < -0.39 is 177 Å². The zero-order chi connectivity index (χ0) is 65.8. The number of hydrogen-bond acceptors (Lipinski definition) is 23. The van der Waals surface area contributed by atoms with Crippen LogP contribution in [0.2, 0.25) is 0 Å². The summed E-state index contributed by atoms with van der Waals surface area (Å²) >= 11 is 1.46. The van der Waals surface area contributed by atoms with Gasteiger partial charge < -0.3 is 86.8 Å². The van der Waals surface area contributed by atoms with Crippen molar-refractivity contribution >= 4 is 70.9 Å². The van der Waals surface area contributed by atoms with Crippen molar-refractivity contribution in [3.05, 3.63) is 108 Å². The van der Waals surface area contributed by atoms with Gasteiger partial charge in [0.1, 0.15) is 47.0 Å². The lowest BCUT2D eigenvalue weighted by molar-refractivity contribution is -0.433. The molecule has 1 aromatic heterocycles. The first-order valence-electron chi connectivity index (χ1n) is 29.0. The largest absolute Gasteiger partial charge is 0.504 e. The van der Waals surface area contributed by atoms with Crippen LogP contribution in [0.3, 0.4) is 0 Å². The molecule has 31 heteroatoms. The lowest BCUT2D eigenvalue weighted by Gasteiger charge is -2.33. The zero-order valence-electron chi connectivity index (χ0n) is 49.3. The summed E-state index contributed by atoms with van der Waals surface area (Å²) in [5, 5.41) is 103. The highest BCUT2D eigenvalue weighted by Crippen LogP contribution is 2.35. The highest BCUT2D eigenvalue weighted by Gasteiger charge is 2.50. The molecule has 0 radical (unpaired) electrons. The summed E-state index contributed by atoms with van der Waals surface area (Å²) in [6.45, 7) is 3.54. The number of fused-ring (bicyclic) bond motifs is 2. The number of nitrogens with one attached hydrogen (secondary N) is 5. The summed E-state index contributed by atoms with van der Waals surface area (Å²) < 4.78 is 15.0. The molecule has 0 spiro atoms. The minimum Gasteiger partial charge on any atom is -0.504 e. The molecule has 0 saturated carbocycles. The lowest BCUT2D eigenvalue weighted by atomic mass is 9.98. The van der Waals surface area contributed by atoms with Crippen LogP contribution in [-0.4, -0.2) is 202 Å². The normalized spacial score (nSPS) is 24.7. The Morgan fingerprint density at radius 2 is 1.41 bits per heavy atom. The van der Waals surface area contributed by atoms with E-state index in [1.165, 1.54) is 36.5 Å². The highest BCUT2D eigenvalue weighted by atomic mass is 32.2. The van der Waals surface area contributed by atoms with Gasteiger partial charge in [0.25, 0.3) is 18.2 Å². The first-order chi connectivity index (χ1) is 43.4. The number of aromatic nitrogens is 1. The number of aliphatic hydroxyl groups excluding tert-OH is 6. The number of carbonyl (C=O) groups excluding carboxylic acids is 8. The van der Waals surface area contributed by atoms with Gasteiger partial charge in [0.15, 0.2) is 11.5 Å². The number of β-amino-alcohol motifs (C(OH)–C–C–N with tert-alkyl or cyclic N) is 1. The summed E-state index contributed by atoms with van der Waals surface area (Å²) in [7, 11) is 0. The Labute approximate surface area is 529 Å². The molecule has 91 heavy (non-hydrogen) atoms. The second-order valence-corrected chi connectivity index (χ2v) is 23.8. The number of phenolic OH excluding ortho intramolecular Hbond substituents is 1. The van der Waals surface area contributed by atoms with Gasteiger partial charge in [0, 0.05) is 62.1 Å². The van der Waals surface area contributed by atoms with Crippen molar-refractivity contribution in [2.24, 2.45) is 11.7 Å². The van der Waals surface area contributed by atoms with Crippen LogP contribution in [0.15, 0.2) is 97.2 Å². The number of phenols is 1. The van der Waals surface area contributed by atoms with Gasteiger partial charge in [-0.15, -0.1) is 11.3 Å². The molecular formula is C60H71N9O20S2. The van der Waals surface area contributed by atoms with E-state index in [1.54, 1.807) is 18.3 Å². The van der Waals surface area contributed by atoms with Gasteiger partial charge in [-0.3, -0.25) is 38.4 Å². The van der Waals surface area contributed by atoms with E-state index in [-0.39, 0.29) is 29.2 Å². The quantitative estimate of drug-likeness (QED) is 0.0221. The molecular weight excluding hydrogens is 1230 g/mol. The summed E-state index contributed by atoms with van der Waals surface area (Å²) in [5.41, 5.74) is 9.10. The molecule has 3 saturated heterocycles. The molecule has 13 unspecified atom stereocenters. The number of amides is 8. The Bertz CT molecular complexity index is 3400. The van der Waals surface area contributed by atoms with Crippen LogP contribution < -0.4 is 41.2 Å². The molecule has 13 atom stereocenters. The number of hydrogen-bond donors (Lipinski definition) is 14. The highest BCUT2D eigenvalue weighted by molar-refractivity contribution is 7.90. The van der Waals surface area contributed by atoms with Crippen molar-refractivity contribution in [3.63, 3.8) is 0 Å². The predicted octanol–water partition coefficient (Wildman–Crippen LogP) is -0.174. The van der Waals surface area contributed by atoms with E-state index in [0.717, 1.165) is 67.6 Å². The molecule has 3 fully saturated rings. The molecule has 8 rings (SSSR count). The predicted molar refractivity (Wildman–Crippen MR) is 324 cm³/mol. The number of benzene rings is 4. The van der Waals surface area contributed by atoms with Gasteiger partial charge in [-0.05, 0) is 72.0 Å². The first kappa shape index (κ1) is 68.6. The molecule has 0 bridgehead atoms. The van der Waals surface area contributed by atoms with Gasteiger partial charge in [0.2, 0.25) is 41.4 Å². The van der Waals surface area contributed by atoms with Gasteiger partial charge in [-0.1, -0.05) is 77.8 Å². The second kappa shape index (κ2) is 31.1. The molecule has 3 aliphatic heterocycles. The van der Waals surface area contributed by atoms with Crippen molar-refractivity contribution in [2.45, 2.75) is 126 Å². The summed E-state index contributed by atoms with van der Waals surface area (Å²) in [4.78, 5) is 121. The van der Waals surface area contributed by atoms with E-state index in [2.05, 4.69) is 40.9 Å². The van der Waals surface area contributed by atoms with Crippen LogP contribution in [-0.2, 0) is 49.4 Å². The van der Waals surface area contributed by atoms with Crippen molar-refractivity contribution < 1.29 is 97.7 Å². The Balaban J connectivity index is 1.07. The molecule has 4 aromatic carbocycles. The van der Waals surface area contributed by atoms with E-state index in [4.69, 9.17) is 19.9 Å². The number of thiazole rings is 1. The van der Waals surface area contributed by atoms with Gasteiger partial charge in [-0.25, -0.2) is 10.2 Å². The third-order valence-electron chi connectivity index (χ3n) is 15.5. The molecule has 15 N–H and O–H groups in total. The van der Waals surface area contributed by atoms with E-state index >= 15 is 0 Å². The van der Waals surface area contributed by atoms with Gasteiger partial charge >= 0.3 is 0 Å². The Morgan fingerprint density at radius 3 is 2.07 bits per heavy atom. The van der Waals surface area contributed by atoms with Crippen LogP contribution in [0.5, 0.6) is 17.2 Å². The minimum atomic E-state index is -2.22. The Kier molecular flexibility index (Phi) is 23.4. The zero-order valence-corrected chi connectivity index (χ0v) is 51.0. The monoisotopic (exact) mass is 1300 g/mol. The van der Waals surface area contributed by atoms with Gasteiger partial charge in [-0.2, -0.15) is 0 Å². The lowest BCUT2D eigenvalue weighted by Crippen LogP contribution is -2.64. The van der Waals surface area contributed by atoms with E-state index in [1.807, 2.05) is 55.5 Å². The molecule has 5 aromatic rings. The summed E-state index contributed by atoms with van der Waals surface area (Å²) in [6.07, 6.45) is -11.0. The average molecular weight is 1300 g/mol. The molecule has 4 heterocycles. The molecule has 29 nitrogen and oxygen atoms in total. The maximum absolute atomic E-state index is 14.7. The number of carbonyl (C=O) groups is 8. The van der Waals surface area contributed by atoms with Crippen LogP contribution in [0.4, 0.5) is 0 Å².